The summed E-state index contributed by atoms with van der Waals surface area (Å²) in [4.78, 5) is 24.1. The van der Waals surface area contributed by atoms with Crippen LogP contribution in [0, 0.1) is 0 Å². The van der Waals surface area contributed by atoms with Crippen LogP contribution in [0.1, 0.15) is 35.7 Å². The predicted molar refractivity (Wildman–Crippen MR) is 98.1 cm³/mol. The standard InChI is InChI=1S/C19H20BrNO3/c1-2-3-11-24-19(23)15-5-4-6-17(13-15)21-18(22)12-14-7-9-16(20)10-8-14/h4-10,13H,2-3,11-12H2,1H3,(H,21,22). The first-order valence-corrected chi connectivity index (χ1v) is 8.69. The molecule has 5 heteroatoms. The molecule has 0 radical (unpaired) electrons. The highest BCUT2D eigenvalue weighted by molar-refractivity contribution is 9.10. The van der Waals surface area contributed by atoms with Gasteiger partial charge in [-0.15, -0.1) is 0 Å². The van der Waals surface area contributed by atoms with E-state index in [-0.39, 0.29) is 18.3 Å². The van der Waals surface area contributed by atoms with Gasteiger partial charge in [-0.25, -0.2) is 4.79 Å². The van der Waals surface area contributed by atoms with Crippen LogP contribution in [0.2, 0.25) is 0 Å². The van der Waals surface area contributed by atoms with E-state index in [0.717, 1.165) is 22.9 Å². The highest BCUT2D eigenvalue weighted by Gasteiger charge is 2.09. The minimum absolute atomic E-state index is 0.131. The molecule has 2 aromatic carbocycles. The molecule has 0 saturated carbocycles. The van der Waals surface area contributed by atoms with Crippen molar-refractivity contribution in [3.05, 3.63) is 64.1 Å². The number of ether oxygens (including phenoxy) is 1. The van der Waals surface area contributed by atoms with E-state index in [0.29, 0.717) is 17.9 Å². The molecule has 0 aliphatic rings. The maximum absolute atomic E-state index is 12.1. The van der Waals surface area contributed by atoms with Gasteiger partial charge < -0.3 is 10.1 Å². The Bertz CT molecular complexity index is 698. The van der Waals surface area contributed by atoms with Gasteiger partial charge in [0.1, 0.15) is 0 Å². The van der Waals surface area contributed by atoms with Gasteiger partial charge >= 0.3 is 5.97 Å². The van der Waals surface area contributed by atoms with Crippen LogP contribution >= 0.6 is 15.9 Å². The molecule has 0 spiro atoms. The number of amides is 1. The third kappa shape index (κ3) is 5.81. The number of hydrogen-bond acceptors (Lipinski definition) is 3. The van der Waals surface area contributed by atoms with E-state index in [4.69, 9.17) is 4.74 Å². The maximum Gasteiger partial charge on any atom is 0.338 e. The number of rotatable bonds is 7. The average Bonchev–Trinajstić information content (AvgIpc) is 2.57. The summed E-state index contributed by atoms with van der Waals surface area (Å²) >= 11 is 3.36. The SMILES string of the molecule is CCCCOC(=O)c1cccc(NC(=O)Cc2ccc(Br)cc2)c1. The van der Waals surface area contributed by atoms with Gasteiger partial charge in [0, 0.05) is 10.2 Å². The molecule has 0 aromatic heterocycles. The van der Waals surface area contributed by atoms with Crippen molar-refractivity contribution in [2.24, 2.45) is 0 Å². The molecule has 0 unspecified atom stereocenters. The predicted octanol–water partition coefficient (Wildman–Crippen LogP) is 4.59. The van der Waals surface area contributed by atoms with E-state index >= 15 is 0 Å². The molecule has 2 rings (SSSR count). The van der Waals surface area contributed by atoms with Crippen molar-refractivity contribution in [3.8, 4) is 0 Å². The van der Waals surface area contributed by atoms with E-state index in [2.05, 4.69) is 21.2 Å². The van der Waals surface area contributed by atoms with Crippen LogP contribution in [-0.4, -0.2) is 18.5 Å². The summed E-state index contributed by atoms with van der Waals surface area (Å²) in [6.45, 7) is 2.45. The lowest BCUT2D eigenvalue weighted by Gasteiger charge is -2.08. The molecular formula is C19H20BrNO3. The van der Waals surface area contributed by atoms with Crippen molar-refractivity contribution in [3.63, 3.8) is 0 Å². The molecule has 0 bridgehead atoms. The van der Waals surface area contributed by atoms with Gasteiger partial charge in [0.25, 0.3) is 0 Å². The van der Waals surface area contributed by atoms with E-state index in [1.165, 1.54) is 0 Å². The Morgan fingerprint density at radius 3 is 2.58 bits per heavy atom. The highest BCUT2D eigenvalue weighted by atomic mass is 79.9. The zero-order chi connectivity index (χ0) is 17.4. The van der Waals surface area contributed by atoms with Crippen LogP contribution in [0.15, 0.2) is 53.0 Å². The number of benzene rings is 2. The first kappa shape index (κ1) is 18.2. The molecule has 0 heterocycles. The second-order valence-corrected chi connectivity index (χ2v) is 6.34. The van der Waals surface area contributed by atoms with Gasteiger partial charge in [-0.3, -0.25) is 4.79 Å². The number of hydrogen-bond donors (Lipinski definition) is 1. The molecule has 1 amide bonds. The average molecular weight is 390 g/mol. The Labute approximate surface area is 150 Å². The molecular weight excluding hydrogens is 370 g/mol. The Morgan fingerprint density at radius 1 is 1.12 bits per heavy atom. The number of carbonyl (C=O) groups is 2. The quantitative estimate of drug-likeness (QED) is 0.556. The van der Waals surface area contributed by atoms with Crippen molar-refractivity contribution in [1.29, 1.82) is 0 Å². The van der Waals surface area contributed by atoms with E-state index < -0.39 is 0 Å². The molecule has 4 nitrogen and oxygen atoms in total. The summed E-state index contributed by atoms with van der Waals surface area (Å²) in [5.74, 6) is -0.499. The van der Waals surface area contributed by atoms with Crippen molar-refractivity contribution in [1.82, 2.24) is 0 Å². The van der Waals surface area contributed by atoms with Crippen molar-refractivity contribution < 1.29 is 14.3 Å². The monoisotopic (exact) mass is 389 g/mol. The minimum Gasteiger partial charge on any atom is -0.462 e. The number of halogens is 1. The smallest absolute Gasteiger partial charge is 0.338 e. The van der Waals surface area contributed by atoms with Gasteiger partial charge in [-0.1, -0.05) is 47.5 Å². The van der Waals surface area contributed by atoms with Crippen LogP contribution in [0.4, 0.5) is 5.69 Å². The lowest BCUT2D eigenvalue weighted by atomic mass is 10.1. The molecule has 2 aromatic rings. The van der Waals surface area contributed by atoms with E-state index in [9.17, 15) is 9.59 Å². The molecule has 1 N–H and O–H groups in total. The zero-order valence-electron chi connectivity index (χ0n) is 13.5. The van der Waals surface area contributed by atoms with Crippen LogP contribution in [0.25, 0.3) is 0 Å². The maximum atomic E-state index is 12.1. The number of unbranched alkanes of at least 4 members (excludes halogenated alkanes) is 1. The Balaban J connectivity index is 1.94. The fraction of sp³-hybridized carbons (Fsp3) is 0.263. The normalized spacial score (nSPS) is 10.2. The van der Waals surface area contributed by atoms with E-state index in [1.807, 2.05) is 31.2 Å². The topological polar surface area (TPSA) is 55.4 Å². The molecule has 0 aliphatic carbocycles. The second kappa shape index (κ2) is 9.23. The fourth-order valence-corrected chi connectivity index (χ4v) is 2.37. The molecule has 0 fully saturated rings. The summed E-state index contributed by atoms with van der Waals surface area (Å²) < 4.78 is 6.15. The number of esters is 1. The fourth-order valence-electron chi connectivity index (χ4n) is 2.11. The summed E-state index contributed by atoms with van der Waals surface area (Å²) in [5, 5.41) is 2.81. The van der Waals surface area contributed by atoms with Crippen LogP contribution in [0.3, 0.4) is 0 Å². The third-order valence-corrected chi connectivity index (χ3v) is 3.92. The molecule has 0 aliphatic heterocycles. The largest absolute Gasteiger partial charge is 0.462 e. The molecule has 0 saturated heterocycles. The van der Waals surface area contributed by atoms with Crippen LogP contribution in [0.5, 0.6) is 0 Å². The van der Waals surface area contributed by atoms with Crippen molar-refractivity contribution in [2.45, 2.75) is 26.2 Å². The third-order valence-electron chi connectivity index (χ3n) is 3.39. The van der Waals surface area contributed by atoms with Gasteiger partial charge in [0.15, 0.2) is 0 Å². The van der Waals surface area contributed by atoms with Gasteiger partial charge in [0.05, 0.1) is 18.6 Å². The van der Waals surface area contributed by atoms with Crippen molar-refractivity contribution >= 4 is 33.5 Å². The van der Waals surface area contributed by atoms with Crippen LogP contribution < -0.4 is 5.32 Å². The lowest BCUT2D eigenvalue weighted by Crippen LogP contribution is -2.15. The van der Waals surface area contributed by atoms with Crippen LogP contribution in [-0.2, 0) is 16.0 Å². The Morgan fingerprint density at radius 2 is 1.88 bits per heavy atom. The number of nitrogens with one attached hydrogen (secondary N) is 1. The minimum atomic E-state index is -0.368. The first-order valence-electron chi connectivity index (χ1n) is 7.90. The summed E-state index contributed by atoms with van der Waals surface area (Å²) in [7, 11) is 0. The second-order valence-electron chi connectivity index (χ2n) is 5.42. The Kier molecular flexibility index (Phi) is 7.00. The number of carbonyl (C=O) groups excluding carboxylic acids is 2. The lowest BCUT2D eigenvalue weighted by molar-refractivity contribution is -0.115. The summed E-state index contributed by atoms with van der Waals surface area (Å²) in [6.07, 6.45) is 2.09. The van der Waals surface area contributed by atoms with Gasteiger partial charge in [-0.2, -0.15) is 0 Å². The zero-order valence-corrected chi connectivity index (χ0v) is 15.1. The summed E-state index contributed by atoms with van der Waals surface area (Å²) in [5.41, 5.74) is 1.94. The van der Waals surface area contributed by atoms with Gasteiger partial charge in [-0.05, 0) is 42.3 Å². The highest BCUT2D eigenvalue weighted by Crippen LogP contribution is 2.14. The molecule has 126 valence electrons. The Hall–Kier alpha value is -2.14. The summed E-state index contributed by atoms with van der Waals surface area (Å²) in [6, 6.07) is 14.4. The molecule has 0 atom stereocenters. The number of anilines is 1. The van der Waals surface area contributed by atoms with Crippen molar-refractivity contribution in [2.75, 3.05) is 11.9 Å². The van der Waals surface area contributed by atoms with Gasteiger partial charge in [0.2, 0.25) is 5.91 Å². The van der Waals surface area contributed by atoms with E-state index in [1.54, 1.807) is 24.3 Å². The molecule has 24 heavy (non-hydrogen) atoms. The first-order chi connectivity index (χ1) is 11.6.